The quantitative estimate of drug-likeness (QED) is 0.0321. The molecule has 2 atom stereocenters. The highest BCUT2D eigenvalue weighted by Crippen LogP contribution is 2.16. The van der Waals surface area contributed by atoms with Crippen LogP contribution < -0.4 is 5.32 Å². The molecule has 0 aliphatic carbocycles. The van der Waals surface area contributed by atoms with Gasteiger partial charge in [-0.15, -0.1) is 0 Å². The summed E-state index contributed by atoms with van der Waals surface area (Å²) in [5.41, 5.74) is 0. The van der Waals surface area contributed by atoms with Crippen LogP contribution in [0.25, 0.3) is 0 Å². The van der Waals surface area contributed by atoms with E-state index in [1.165, 1.54) is 212 Å². The molecule has 0 heterocycles. The van der Waals surface area contributed by atoms with Crippen molar-refractivity contribution in [2.24, 2.45) is 0 Å². The van der Waals surface area contributed by atoms with Crippen molar-refractivity contribution in [3.63, 3.8) is 0 Å². The average Bonchev–Trinajstić information content (AvgIpc) is 3.27. The summed E-state index contributed by atoms with van der Waals surface area (Å²) < 4.78 is 5.48. The van der Waals surface area contributed by atoms with Crippen LogP contribution in [0.2, 0.25) is 0 Å². The Morgan fingerprint density at radius 1 is 0.435 bits per heavy atom. The number of hydrogen-bond donors (Lipinski definition) is 3. The number of unbranched alkanes of at least 4 members (excludes halogenated alkanes) is 38. The molecule has 0 fully saturated rings. The fourth-order valence-electron chi connectivity index (χ4n) is 8.45. The van der Waals surface area contributed by atoms with E-state index in [1.54, 1.807) is 6.08 Å². The Kier molecular flexibility index (Phi) is 50.6. The molecule has 6 heteroatoms. The highest BCUT2D eigenvalue weighted by atomic mass is 16.5. The number of allylic oxidation sites excluding steroid dienone is 3. The Morgan fingerprint density at radius 2 is 0.758 bits per heavy atom. The van der Waals surface area contributed by atoms with E-state index in [1.807, 2.05) is 6.08 Å². The van der Waals surface area contributed by atoms with Crippen molar-refractivity contribution in [3.8, 4) is 0 Å². The Hall–Kier alpha value is -1.66. The average molecular weight is 874 g/mol. The van der Waals surface area contributed by atoms with Crippen LogP contribution in [0, 0.1) is 0 Å². The number of ether oxygens (including phenoxy) is 1. The van der Waals surface area contributed by atoms with Gasteiger partial charge in [-0.2, -0.15) is 0 Å². The van der Waals surface area contributed by atoms with Crippen LogP contribution in [-0.4, -0.2) is 47.4 Å². The van der Waals surface area contributed by atoms with Crippen molar-refractivity contribution < 1.29 is 24.5 Å². The number of hydrogen-bond acceptors (Lipinski definition) is 5. The van der Waals surface area contributed by atoms with Crippen molar-refractivity contribution in [3.05, 3.63) is 24.3 Å². The number of aliphatic hydroxyl groups is 2. The van der Waals surface area contributed by atoms with Gasteiger partial charge in [0.2, 0.25) is 5.91 Å². The summed E-state index contributed by atoms with van der Waals surface area (Å²) in [6.45, 7) is 4.88. The summed E-state index contributed by atoms with van der Waals surface area (Å²) in [6.07, 6.45) is 61.8. The van der Waals surface area contributed by atoms with Crippen LogP contribution in [0.15, 0.2) is 24.3 Å². The van der Waals surface area contributed by atoms with Gasteiger partial charge in [-0.05, 0) is 57.8 Å². The first-order valence-corrected chi connectivity index (χ1v) is 27.6. The zero-order valence-corrected chi connectivity index (χ0v) is 41.6. The third-order valence-electron chi connectivity index (χ3n) is 12.7. The molecular formula is C56H107NO5. The molecule has 62 heavy (non-hydrogen) atoms. The minimum Gasteiger partial charge on any atom is -0.466 e. The van der Waals surface area contributed by atoms with Crippen LogP contribution >= 0.6 is 0 Å². The first kappa shape index (κ1) is 60.3. The predicted molar refractivity (Wildman–Crippen MR) is 269 cm³/mol. The second-order valence-corrected chi connectivity index (χ2v) is 18.9. The topological polar surface area (TPSA) is 95.9 Å². The van der Waals surface area contributed by atoms with Crippen molar-refractivity contribution in [1.82, 2.24) is 5.32 Å². The minimum absolute atomic E-state index is 0.00641. The predicted octanol–water partition coefficient (Wildman–Crippen LogP) is 16.7. The molecule has 2 unspecified atom stereocenters. The van der Waals surface area contributed by atoms with E-state index < -0.39 is 12.1 Å². The van der Waals surface area contributed by atoms with E-state index >= 15 is 0 Å². The van der Waals surface area contributed by atoms with Gasteiger partial charge in [-0.3, -0.25) is 9.59 Å². The number of rotatable bonds is 51. The van der Waals surface area contributed by atoms with Gasteiger partial charge in [-0.1, -0.05) is 250 Å². The Balaban J connectivity index is 3.44. The maximum atomic E-state index is 12.4. The molecule has 6 nitrogen and oxygen atoms in total. The molecule has 1 amide bonds. The van der Waals surface area contributed by atoms with Gasteiger partial charge in [0, 0.05) is 12.8 Å². The van der Waals surface area contributed by atoms with Crippen molar-refractivity contribution in [1.29, 1.82) is 0 Å². The number of amides is 1. The van der Waals surface area contributed by atoms with Crippen molar-refractivity contribution in [2.45, 2.75) is 309 Å². The maximum Gasteiger partial charge on any atom is 0.305 e. The molecule has 366 valence electrons. The van der Waals surface area contributed by atoms with E-state index in [-0.39, 0.29) is 18.5 Å². The first-order valence-electron chi connectivity index (χ1n) is 27.6. The highest BCUT2D eigenvalue weighted by molar-refractivity contribution is 5.76. The van der Waals surface area contributed by atoms with E-state index in [4.69, 9.17) is 4.74 Å². The molecule has 0 bridgehead atoms. The summed E-state index contributed by atoms with van der Waals surface area (Å²) in [7, 11) is 0. The molecule has 3 N–H and O–H groups in total. The summed E-state index contributed by atoms with van der Waals surface area (Å²) in [5.74, 6) is -0.0849. The number of nitrogens with one attached hydrogen (secondary N) is 1. The third kappa shape index (κ3) is 47.8. The SMILES string of the molecule is CCCCCCCCC/C=C\CCCCCCCCCC(=O)OCCCCCCCCCCCCCCCCC(=O)NC(CO)C(O)/C=C/CCCCCCCCCCCCC. The van der Waals surface area contributed by atoms with Gasteiger partial charge < -0.3 is 20.3 Å². The maximum absolute atomic E-state index is 12.4. The number of carbonyl (C=O) groups excluding carboxylic acids is 2. The summed E-state index contributed by atoms with van der Waals surface area (Å²) in [6, 6.07) is -0.635. The van der Waals surface area contributed by atoms with Gasteiger partial charge in [0.1, 0.15) is 0 Å². The van der Waals surface area contributed by atoms with Crippen LogP contribution in [0.3, 0.4) is 0 Å². The van der Waals surface area contributed by atoms with E-state index in [9.17, 15) is 19.8 Å². The standard InChI is InChI=1S/C56H107NO5/c1-3-5-7-9-11-13-15-17-18-19-20-21-26-30-34-38-42-46-50-56(61)62-51-47-43-39-35-31-27-23-22-25-29-33-37-41-45-49-55(60)57-53(52-58)54(59)48-44-40-36-32-28-24-16-14-12-10-8-6-4-2/h18-19,44,48,53-54,58-59H,3-17,20-43,45-47,49-52H2,1-2H3,(H,57,60)/b19-18-,48-44+. The fourth-order valence-corrected chi connectivity index (χ4v) is 8.45. The number of carbonyl (C=O) groups is 2. The lowest BCUT2D eigenvalue weighted by molar-refractivity contribution is -0.143. The summed E-state index contributed by atoms with van der Waals surface area (Å²) >= 11 is 0. The lowest BCUT2D eigenvalue weighted by Crippen LogP contribution is -2.45. The van der Waals surface area contributed by atoms with Gasteiger partial charge >= 0.3 is 5.97 Å². The Bertz CT molecular complexity index is 966. The molecule has 0 radical (unpaired) electrons. The molecule has 0 saturated carbocycles. The Morgan fingerprint density at radius 3 is 1.15 bits per heavy atom. The van der Waals surface area contributed by atoms with Gasteiger partial charge in [0.15, 0.2) is 0 Å². The van der Waals surface area contributed by atoms with E-state index in [2.05, 4.69) is 31.3 Å². The van der Waals surface area contributed by atoms with Crippen LogP contribution in [0.5, 0.6) is 0 Å². The minimum atomic E-state index is -0.850. The monoisotopic (exact) mass is 874 g/mol. The molecule has 0 aromatic heterocycles. The number of esters is 1. The van der Waals surface area contributed by atoms with Crippen molar-refractivity contribution >= 4 is 11.9 Å². The summed E-state index contributed by atoms with van der Waals surface area (Å²) in [4.78, 5) is 24.5. The number of aliphatic hydroxyl groups excluding tert-OH is 2. The molecule has 0 aromatic rings. The molecular weight excluding hydrogens is 767 g/mol. The van der Waals surface area contributed by atoms with Crippen LogP contribution in [0.1, 0.15) is 296 Å². The third-order valence-corrected chi connectivity index (χ3v) is 12.7. The largest absolute Gasteiger partial charge is 0.466 e. The van der Waals surface area contributed by atoms with Gasteiger partial charge in [0.25, 0.3) is 0 Å². The molecule has 0 aliphatic heterocycles. The van der Waals surface area contributed by atoms with Crippen LogP contribution in [-0.2, 0) is 14.3 Å². The molecule has 0 aliphatic rings. The zero-order valence-electron chi connectivity index (χ0n) is 41.6. The second-order valence-electron chi connectivity index (χ2n) is 18.9. The van der Waals surface area contributed by atoms with Crippen molar-refractivity contribution in [2.75, 3.05) is 13.2 Å². The smallest absolute Gasteiger partial charge is 0.305 e. The molecule has 0 saturated heterocycles. The van der Waals surface area contributed by atoms with E-state index in [0.29, 0.717) is 19.4 Å². The lowest BCUT2D eigenvalue weighted by atomic mass is 10.0. The highest BCUT2D eigenvalue weighted by Gasteiger charge is 2.18. The molecule has 0 aromatic carbocycles. The van der Waals surface area contributed by atoms with Gasteiger partial charge in [0.05, 0.1) is 25.4 Å². The normalized spacial score (nSPS) is 12.8. The fraction of sp³-hybridized carbons (Fsp3) is 0.893. The van der Waals surface area contributed by atoms with E-state index in [0.717, 1.165) is 57.8 Å². The first-order chi connectivity index (χ1) is 30.5. The Labute approximate surface area is 386 Å². The second kappa shape index (κ2) is 52.0. The lowest BCUT2D eigenvalue weighted by Gasteiger charge is -2.20. The van der Waals surface area contributed by atoms with Crippen LogP contribution in [0.4, 0.5) is 0 Å². The zero-order chi connectivity index (χ0) is 45.1. The van der Waals surface area contributed by atoms with Gasteiger partial charge in [-0.25, -0.2) is 0 Å². The summed E-state index contributed by atoms with van der Waals surface area (Å²) in [5, 5.41) is 23.0. The molecule has 0 rings (SSSR count). The molecule has 0 spiro atoms.